The standard InChI is InChI=1S/C25H31ClFN7O/c1-24(27)11-17(28)25(13-24)6-9-34(10-7-25)23-32-16-12-30-20(18(16)22(35)33(23)2)15-5-8-29-21(19(15)26)31-14-3-4-14/h5,8,14,17H,3-4,6-7,9-13,28H2,1-2H3,(H,29,31)/t17-,24?/m1/s1. The molecule has 1 saturated heterocycles. The summed E-state index contributed by atoms with van der Waals surface area (Å²) < 4.78 is 16.3. The van der Waals surface area contributed by atoms with Gasteiger partial charge in [0.2, 0.25) is 5.95 Å². The number of hydrogen-bond donors (Lipinski definition) is 2. The summed E-state index contributed by atoms with van der Waals surface area (Å²) in [5.41, 5.74) is 7.31. The first-order valence-corrected chi connectivity index (χ1v) is 12.8. The second-order valence-electron chi connectivity index (χ2n) is 11.0. The molecule has 2 aromatic rings. The lowest BCUT2D eigenvalue weighted by Crippen LogP contribution is -2.48. The van der Waals surface area contributed by atoms with Gasteiger partial charge in [0.05, 0.1) is 28.5 Å². The van der Waals surface area contributed by atoms with Gasteiger partial charge >= 0.3 is 0 Å². The van der Waals surface area contributed by atoms with Gasteiger partial charge in [-0.25, -0.2) is 14.4 Å². The minimum absolute atomic E-state index is 0.128. The summed E-state index contributed by atoms with van der Waals surface area (Å²) >= 11 is 6.68. The van der Waals surface area contributed by atoms with Gasteiger partial charge in [0.15, 0.2) is 0 Å². The summed E-state index contributed by atoms with van der Waals surface area (Å²) in [5, 5.41) is 3.82. The number of nitrogens with zero attached hydrogens (tertiary/aromatic N) is 5. The van der Waals surface area contributed by atoms with Crippen molar-refractivity contribution in [1.29, 1.82) is 0 Å². The topological polar surface area (TPSA) is 101 Å². The van der Waals surface area contributed by atoms with E-state index in [9.17, 15) is 9.18 Å². The van der Waals surface area contributed by atoms with Crippen molar-refractivity contribution < 1.29 is 4.39 Å². The minimum atomic E-state index is -1.20. The molecule has 8 nitrogen and oxygen atoms in total. The Morgan fingerprint density at radius 1 is 1.29 bits per heavy atom. The molecule has 3 fully saturated rings. The van der Waals surface area contributed by atoms with E-state index in [1.807, 2.05) is 0 Å². The number of alkyl halides is 1. The van der Waals surface area contributed by atoms with Crippen LogP contribution in [0.15, 0.2) is 22.1 Å². The first-order valence-electron chi connectivity index (χ1n) is 12.4. The number of pyridine rings is 1. The van der Waals surface area contributed by atoms with Gasteiger partial charge in [-0.05, 0) is 56.9 Å². The number of piperidine rings is 1. The van der Waals surface area contributed by atoms with Crippen LogP contribution in [0.3, 0.4) is 0 Å². The molecule has 0 bridgehead atoms. The maximum absolute atomic E-state index is 14.7. The van der Waals surface area contributed by atoms with Crippen molar-refractivity contribution in [3.8, 4) is 0 Å². The van der Waals surface area contributed by atoms with E-state index in [2.05, 4.69) is 20.2 Å². The van der Waals surface area contributed by atoms with Crippen LogP contribution in [0.5, 0.6) is 0 Å². The molecule has 1 unspecified atom stereocenters. The fourth-order valence-electron chi connectivity index (χ4n) is 6.18. The summed E-state index contributed by atoms with van der Waals surface area (Å²) in [6.07, 6.45) is 6.42. The molecule has 2 aliphatic carbocycles. The van der Waals surface area contributed by atoms with E-state index in [0.29, 0.717) is 77.8 Å². The van der Waals surface area contributed by atoms with Crippen LogP contribution in [0, 0.1) is 5.41 Å². The highest BCUT2D eigenvalue weighted by molar-refractivity contribution is 6.37. The average Bonchev–Trinajstić information content (AvgIpc) is 3.48. The van der Waals surface area contributed by atoms with Crippen molar-refractivity contribution >= 4 is 29.1 Å². The molecule has 0 amide bonds. The first-order chi connectivity index (χ1) is 16.7. The van der Waals surface area contributed by atoms with Crippen LogP contribution < -0.4 is 21.5 Å². The van der Waals surface area contributed by atoms with E-state index < -0.39 is 5.67 Å². The Kier molecular flexibility index (Phi) is 5.23. The molecule has 2 aliphatic heterocycles. The number of hydrogen-bond acceptors (Lipinski definition) is 7. The quantitative estimate of drug-likeness (QED) is 0.670. The molecule has 10 heteroatoms. The Labute approximate surface area is 208 Å². The molecule has 2 saturated carbocycles. The predicted octanol–water partition coefficient (Wildman–Crippen LogP) is 3.19. The maximum atomic E-state index is 14.7. The molecule has 0 aromatic carbocycles. The van der Waals surface area contributed by atoms with Gasteiger partial charge in [0, 0.05) is 44.0 Å². The molecule has 35 heavy (non-hydrogen) atoms. The second kappa shape index (κ2) is 8.00. The minimum Gasteiger partial charge on any atom is -0.366 e. The Morgan fingerprint density at radius 3 is 2.69 bits per heavy atom. The third-order valence-corrected chi connectivity index (χ3v) is 8.61. The van der Waals surface area contributed by atoms with E-state index >= 15 is 0 Å². The van der Waals surface area contributed by atoms with Crippen LogP contribution in [0.4, 0.5) is 16.2 Å². The zero-order chi connectivity index (χ0) is 24.5. The van der Waals surface area contributed by atoms with E-state index in [0.717, 1.165) is 25.7 Å². The summed E-state index contributed by atoms with van der Waals surface area (Å²) in [7, 11) is 1.75. The van der Waals surface area contributed by atoms with Crippen molar-refractivity contribution in [1.82, 2.24) is 14.5 Å². The number of nitrogens with two attached hydrogens (primary N) is 1. The molecule has 3 N–H and O–H groups in total. The summed E-state index contributed by atoms with van der Waals surface area (Å²) in [5.74, 6) is 1.26. The fourth-order valence-corrected chi connectivity index (χ4v) is 6.44. The normalized spacial score (nSPS) is 27.3. The van der Waals surface area contributed by atoms with Crippen LogP contribution in [0.25, 0.3) is 0 Å². The molecular weight excluding hydrogens is 469 g/mol. The van der Waals surface area contributed by atoms with Crippen molar-refractivity contribution in [2.75, 3.05) is 23.3 Å². The largest absolute Gasteiger partial charge is 0.366 e. The van der Waals surface area contributed by atoms with Crippen LogP contribution in [0.2, 0.25) is 5.02 Å². The highest BCUT2D eigenvalue weighted by atomic mass is 35.5. The van der Waals surface area contributed by atoms with Gasteiger partial charge in [0.25, 0.3) is 5.56 Å². The molecule has 1 spiro atoms. The Hall–Kier alpha value is -2.52. The van der Waals surface area contributed by atoms with E-state index in [4.69, 9.17) is 22.3 Å². The SMILES string of the molecule is Cn1c(N2CCC3(CC2)CC(C)(F)C[C@H]3N)nc2c(c1=O)C(c1ccnc(NC3CC3)c1Cl)=NC2. The highest BCUT2D eigenvalue weighted by Gasteiger charge is 2.52. The number of nitrogens with one attached hydrogen (secondary N) is 1. The number of aromatic nitrogens is 3. The number of halogens is 2. The van der Waals surface area contributed by atoms with Gasteiger partial charge in [0.1, 0.15) is 11.5 Å². The van der Waals surface area contributed by atoms with Gasteiger partial charge in [-0.3, -0.25) is 14.4 Å². The number of anilines is 2. The summed E-state index contributed by atoms with van der Waals surface area (Å²) in [6, 6.07) is 2.08. The second-order valence-corrected chi connectivity index (χ2v) is 11.3. The average molecular weight is 500 g/mol. The first kappa shape index (κ1) is 22.9. The number of fused-ring (bicyclic) bond motifs is 1. The maximum Gasteiger partial charge on any atom is 0.264 e. The van der Waals surface area contributed by atoms with Gasteiger partial charge in [-0.2, -0.15) is 0 Å². The van der Waals surface area contributed by atoms with Gasteiger partial charge in [-0.15, -0.1) is 0 Å². The van der Waals surface area contributed by atoms with E-state index in [1.54, 1.807) is 30.8 Å². The molecular formula is C25H31ClFN7O. The Balaban J connectivity index is 1.27. The Morgan fingerprint density at radius 2 is 2.03 bits per heavy atom. The highest BCUT2D eigenvalue weighted by Crippen LogP contribution is 2.51. The Bertz CT molecular complexity index is 1280. The zero-order valence-electron chi connectivity index (χ0n) is 20.2. The van der Waals surface area contributed by atoms with Crippen molar-refractivity contribution in [3.63, 3.8) is 0 Å². The van der Waals surface area contributed by atoms with Crippen molar-refractivity contribution in [2.24, 2.45) is 23.2 Å². The molecule has 2 atom stereocenters. The third kappa shape index (κ3) is 3.83. The van der Waals surface area contributed by atoms with E-state index in [1.165, 1.54) is 0 Å². The summed E-state index contributed by atoms with van der Waals surface area (Å²) in [4.78, 5) is 29.6. The molecule has 186 valence electrons. The fraction of sp³-hybridized carbons (Fsp3) is 0.600. The molecule has 2 aromatic heterocycles. The molecule has 0 radical (unpaired) electrons. The van der Waals surface area contributed by atoms with Gasteiger partial charge < -0.3 is 16.0 Å². The summed E-state index contributed by atoms with van der Waals surface area (Å²) in [6.45, 7) is 3.39. The van der Waals surface area contributed by atoms with Crippen LogP contribution >= 0.6 is 11.6 Å². The number of aliphatic imine (C=N–C) groups is 1. The molecule has 6 rings (SSSR count). The van der Waals surface area contributed by atoms with Gasteiger partial charge in [-0.1, -0.05) is 11.6 Å². The van der Waals surface area contributed by atoms with Crippen LogP contribution in [-0.4, -0.2) is 51.1 Å². The van der Waals surface area contributed by atoms with Crippen LogP contribution in [0.1, 0.15) is 62.3 Å². The lowest BCUT2D eigenvalue weighted by molar-refractivity contribution is 0.142. The third-order valence-electron chi connectivity index (χ3n) is 8.22. The molecule has 4 aliphatic rings. The molecule has 4 heterocycles. The van der Waals surface area contributed by atoms with Crippen LogP contribution in [-0.2, 0) is 13.6 Å². The van der Waals surface area contributed by atoms with Crippen molar-refractivity contribution in [2.45, 2.75) is 69.7 Å². The van der Waals surface area contributed by atoms with Crippen molar-refractivity contribution in [3.05, 3.63) is 44.5 Å². The lowest BCUT2D eigenvalue weighted by Gasteiger charge is -2.42. The predicted molar refractivity (Wildman–Crippen MR) is 135 cm³/mol. The number of rotatable bonds is 4. The monoisotopic (exact) mass is 499 g/mol. The lowest BCUT2D eigenvalue weighted by atomic mass is 9.74. The smallest absolute Gasteiger partial charge is 0.264 e. The zero-order valence-corrected chi connectivity index (χ0v) is 20.9. The van der Waals surface area contributed by atoms with E-state index in [-0.39, 0.29) is 17.0 Å².